The number of hydrogen-bond donors (Lipinski definition) is 0. The molecule has 1 aromatic heterocycles. The van der Waals surface area contributed by atoms with Crippen LogP contribution < -0.4 is 0 Å². The highest BCUT2D eigenvalue weighted by atomic mass is 32.2. The molecule has 0 aliphatic rings. The zero-order valence-corrected chi connectivity index (χ0v) is 11.8. The van der Waals surface area contributed by atoms with Gasteiger partial charge in [0.25, 0.3) is 5.22 Å². The molecule has 0 aliphatic carbocycles. The van der Waals surface area contributed by atoms with Crippen molar-refractivity contribution in [2.24, 2.45) is 0 Å². The van der Waals surface area contributed by atoms with E-state index in [2.05, 4.69) is 10.2 Å². The summed E-state index contributed by atoms with van der Waals surface area (Å²) in [4.78, 5) is 11.3. The molecule has 0 unspecified atom stereocenters. The Morgan fingerprint density at radius 2 is 2.33 bits per heavy atom. The monoisotopic (exact) mass is 307 g/mol. The van der Waals surface area contributed by atoms with Crippen molar-refractivity contribution < 1.29 is 18.3 Å². The normalized spacial score (nSPS) is 10.1. The number of hydrogen-bond acceptors (Lipinski definition) is 7. The lowest BCUT2D eigenvalue weighted by molar-refractivity contribution is 0.0475. The Balaban J connectivity index is 2.00. The van der Waals surface area contributed by atoms with Gasteiger partial charge in [0, 0.05) is 5.75 Å². The maximum absolute atomic E-state index is 13.2. The zero-order chi connectivity index (χ0) is 15.2. The minimum atomic E-state index is -0.676. The number of aromatic nitrogens is 2. The number of thioether (sulfide) groups is 1. The number of esters is 1. The van der Waals surface area contributed by atoms with Crippen molar-refractivity contribution in [3.05, 3.63) is 41.0 Å². The van der Waals surface area contributed by atoms with Crippen molar-refractivity contribution >= 4 is 17.7 Å². The van der Waals surface area contributed by atoms with E-state index in [1.807, 2.05) is 0 Å². The van der Waals surface area contributed by atoms with Crippen molar-refractivity contribution in [1.29, 1.82) is 5.26 Å². The third-order valence-electron chi connectivity index (χ3n) is 2.37. The van der Waals surface area contributed by atoms with Gasteiger partial charge in [-0.1, -0.05) is 22.9 Å². The molecule has 2 aromatic rings. The second kappa shape index (κ2) is 6.85. The largest absolute Gasteiger partial charge is 0.459 e. The molecule has 21 heavy (non-hydrogen) atoms. The molecule has 1 aromatic carbocycles. The van der Waals surface area contributed by atoms with Gasteiger partial charge in [0.1, 0.15) is 11.9 Å². The standard InChI is InChI=1S/C13H10FN3O3S/c1-2-19-12(18)11-16-17-13(20-11)21-7-8-3-4-10(14)9(5-8)6-15/h3-5H,2,7H2,1H3. The molecule has 0 amide bonds. The van der Waals surface area contributed by atoms with Gasteiger partial charge in [0.2, 0.25) is 0 Å². The van der Waals surface area contributed by atoms with Gasteiger partial charge < -0.3 is 9.15 Å². The maximum Gasteiger partial charge on any atom is 0.396 e. The Labute approximate surface area is 123 Å². The molecule has 8 heteroatoms. The number of ether oxygens (including phenoxy) is 1. The van der Waals surface area contributed by atoms with Gasteiger partial charge in [-0.25, -0.2) is 9.18 Å². The van der Waals surface area contributed by atoms with Gasteiger partial charge in [-0.2, -0.15) is 5.26 Å². The van der Waals surface area contributed by atoms with E-state index in [-0.39, 0.29) is 23.3 Å². The average Bonchev–Trinajstić information content (AvgIpc) is 2.95. The number of carbonyl (C=O) groups excluding carboxylic acids is 1. The first-order valence-corrected chi connectivity index (χ1v) is 6.94. The molecule has 0 radical (unpaired) electrons. The Bertz CT molecular complexity index is 696. The minimum absolute atomic E-state index is 0.0224. The van der Waals surface area contributed by atoms with Gasteiger partial charge in [-0.3, -0.25) is 0 Å². The second-order valence-electron chi connectivity index (χ2n) is 3.81. The molecule has 0 aliphatic heterocycles. The third kappa shape index (κ3) is 3.79. The highest BCUT2D eigenvalue weighted by Gasteiger charge is 2.16. The second-order valence-corrected chi connectivity index (χ2v) is 4.73. The molecule has 108 valence electrons. The molecule has 0 N–H and O–H groups in total. The van der Waals surface area contributed by atoms with E-state index in [0.717, 1.165) is 5.56 Å². The first kappa shape index (κ1) is 15.0. The summed E-state index contributed by atoms with van der Waals surface area (Å²) < 4.78 is 23.0. The predicted molar refractivity (Wildman–Crippen MR) is 70.9 cm³/mol. The maximum atomic E-state index is 13.2. The molecule has 0 saturated carbocycles. The van der Waals surface area contributed by atoms with Crippen LogP contribution in [-0.2, 0) is 10.5 Å². The van der Waals surface area contributed by atoms with Crippen LogP contribution in [0.25, 0.3) is 0 Å². The lowest BCUT2D eigenvalue weighted by Gasteiger charge is -2.00. The summed E-state index contributed by atoms with van der Waals surface area (Å²) in [5.41, 5.74) is 0.708. The highest BCUT2D eigenvalue weighted by molar-refractivity contribution is 7.98. The van der Waals surface area contributed by atoms with E-state index in [4.69, 9.17) is 14.4 Å². The molecular weight excluding hydrogens is 297 g/mol. The van der Waals surface area contributed by atoms with Gasteiger partial charge in [0.15, 0.2) is 0 Å². The fraction of sp³-hybridized carbons (Fsp3) is 0.231. The van der Waals surface area contributed by atoms with E-state index in [1.54, 1.807) is 19.1 Å². The molecule has 0 spiro atoms. The summed E-state index contributed by atoms with van der Waals surface area (Å²) >= 11 is 1.17. The fourth-order valence-corrected chi connectivity index (χ4v) is 2.14. The fourth-order valence-electron chi connectivity index (χ4n) is 1.44. The number of halogens is 1. The molecule has 0 fully saturated rings. The minimum Gasteiger partial charge on any atom is -0.459 e. The van der Waals surface area contributed by atoms with E-state index in [9.17, 15) is 9.18 Å². The van der Waals surface area contributed by atoms with Crippen LogP contribution in [0.15, 0.2) is 27.8 Å². The van der Waals surface area contributed by atoms with E-state index >= 15 is 0 Å². The summed E-state index contributed by atoms with van der Waals surface area (Å²) in [7, 11) is 0. The van der Waals surface area contributed by atoms with Crippen LogP contribution in [0, 0.1) is 17.1 Å². The Morgan fingerprint density at radius 3 is 3.05 bits per heavy atom. The summed E-state index contributed by atoms with van der Waals surface area (Å²) in [5.74, 6) is -1.05. The molecule has 1 heterocycles. The van der Waals surface area contributed by atoms with Crippen LogP contribution in [0.1, 0.15) is 28.7 Å². The lowest BCUT2D eigenvalue weighted by Crippen LogP contribution is -2.04. The van der Waals surface area contributed by atoms with Crippen LogP contribution in [0.3, 0.4) is 0 Å². The smallest absolute Gasteiger partial charge is 0.396 e. The predicted octanol–water partition coefficient (Wildman–Crippen LogP) is 2.55. The highest BCUT2D eigenvalue weighted by Crippen LogP contribution is 2.22. The number of nitriles is 1. The Hall–Kier alpha value is -2.40. The van der Waals surface area contributed by atoms with Gasteiger partial charge >= 0.3 is 11.9 Å². The summed E-state index contributed by atoms with van der Waals surface area (Å²) in [6.07, 6.45) is 0. The third-order valence-corrected chi connectivity index (χ3v) is 3.26. The first-order chi connectivity index (χ1) is 10.1. The summed E-state index contributed by atoms with van der Waals surface area (Å²) in [6.45, 7) is 1.89. The molecular formula is C13H10FN3O3S. The molecule has 0 atom stereocenters. The molecule has 2 rings (SSSR count). The number of carbonyl (C=O) groups is 1. The molecule has 0 bridgehead atoms. The van der Waals surface area contributed by atoms with Crippen molar-refractivity contribution in [2.45, 2.75) is 17.9 Å². The first-order valence-electron chi connectivity index (χ1n) is 5.96. The van der Waals surface area contributed by atoms with Crippen LogP contribution in [0.4, 0.5) is 4.39 Å². The number of rotatable bonds is 5. The van der Waals surface area contributed by atoms with E-state index in [0.29, 0.717) is 5.75 Å². The number of nitrogens with zero attached hydrogens (tertiary/aromatic N) is 3. The van der Waals surface area contributed by atoms with Crippen molar-refractivity contribution in [3.8, 4) is 6.07 Å². The van der Waals surface area contributed by atoms with E-state index < -0.39 is 11.8 Å². The Kier molecular flexibility index (Phi) is 4.90. The zero-order valence-electron chi connectivity index (χ0n) is 11.0. The van der Waals surface area contributed by atoms with E-state index in [1.165, 1.54) is 23.9 Å². The van der Waals surface area contributed by atoms with Gasteiger partial charge in [-0.15, -0.1) is 5.10 Å². The summed E-state index contributed by atoms with van der Waals surface area (Å²) in [5, 5.41) is 16.2. The Morgan fingerprint density at radius 1 is 1.52 bits per heavy atom. The van der Waals surface area contributed by atoms with Crippen molar-refractivity contribution in [1.82, 2.24) is 10.2 Å². The van der Waals surface area contributed by atoms with Gasteiger partial charge in [0.05, 0.1) is 12.2 Å². The topological polar surface area (TPSA) is 89.0 Å². The van der Waals surface area contributed by atoms with Crippen LogP contribution in [0.5, 0.6) is 0 Å². The molecule has 0 saturated heterocycles. The lowest BCUT2D eigenvalue weighted by atomic mass is 10.1. The summed E-state index contributed by atoms with van der Waals surface area (Å²) in [6, 6.07) is 6.01. The van der Waals surface area contributed by atoms with Crippen molar-refractivity contribution in [2.75, 3.05) is 6.61 Å². The van der Waals surface area contributed by atoms with Crippen LogP contribution >= 0.6 is 11.8 Å². The van der Waals surface area contributed by atoms with Crippen LogP contribution in [0.2, 0.25) is 0 Å². The average molecular weight is 307 g/mol. The van der Waals surface area contributed by atoms with Crippen molar-refractivity contribution in [3.63, 3.8) is 0 Å². The quantitative estimate of drug-likeness (QED) is 0.619. The van der Waals surface area contributed by atoms with Gasteiger partial charge in [-0.05, 0) is 24.6 Å². The number of benzene rings is 1. The molecule has 6 nitrogen and oxygen atoms in total. The SMILES string of the molecule is CCOC(=O)c1nnc(SCc2ccc(F)c(C#N)c2)o1. The van der Waals surface area contributed by atoms with Crippen LogP contribution in [-0.4, -0.2) is 22.8 Å².